The Morgan fingerprint density at radius 1 is 0.820 bits per heavy atom. The first kappa shape index (κ1) is 48.3. The van der Waals surface area contributed by atoms with Gasteiger partial charge in [0.1, 0.15) is 37.6 Å². The van der Waals surface area contributed by atoms with Gasteiger partial charge in [0.15, 0.2) is 0 Å². The summed E-state index contributed by atoms with van der Waals surface area (Å²) in [7, 11) is 0. The maximum Gasteiger partial charge on any atom is 0.341 e. The number of likely N-dealkylation sites (N-methyl/N-ethyl adjacent to an activating group) is 1. The van der Waals surface area contributed by atoms with Crippen molar-refractivity contribution < 1.29 is 42.9 Å². The Hall–Kier alpha value is -5.39. The molecule has 15 nitrogen and oxygen atoms in total. The Bertz CT molecular complexity index is 2380. The van der Waals surface area contributed by atoms with Gasteiger partial charge in [-0.1, -0.05) is 58.5 Å². The van der Waals surface area contributed by atoms with Gasteiger partial charge in [0.25, 0.3) is 17.6 Å². The number of hydrogen-bond donors (Lipinski definition) is 3. The van der Waals surface area contributed by atoms with E-state index < -0.39 is 23.6 Å². The number of carbonyl (C=O) groups is 5. The molecule has 2 atom stereocenters. The number of hydrogen-bond acceptors (Lipinski definition) is 11. The molecule has 0 bridgehead atoms. The van der Waals surface area contributed by atoms with E-state index in [1.54, 1.807) is 43.9 Å². The number of halogens is 5. The average molecular weight is 922 g/mol. The average Bonchev–Trinajstić information content (AvgIpc) is 3.62. The molecular weight excluding hydrogens is 879 g/mol. The number of aromatic amines is 1. The van der Waals surface area contributed by atoms with Crippen molar-refractivity contribution in [3.63, 3.8) is 0 Å². The molecule has 1 saturated heterocycles. The van der Waals surface area contributed by atoms with E-state index in [1.807, 2.05) is 6.92 Å². The molecule has 6 rings (SSSR count). The Balaban J connectivity index is 0.000000276. The lowest BCUT2D eigenvalue weighted by atomic mass is 10.0. The third kappa shape index (κ3) is 12.8. The largest absolute Gasteiger partial charge is 0.478 e. The third-order valence-electron chi connectivity index (χ3n) is 8.96. The smallest absolute Gasteiger partial charge is 0.341 e. The summed E-state index contributed by atoms with van der Waals surface area (Å²) in [5.41, 5.74) is 1.94. The highest BCUT2D eigenvalue weighted by molar-refractivity contribution is 6.45. The number of nitrogens with one attached hydrogen (secondary N) is 2. The molecule has 1 aromatic carbocycles. The van der Waals surface area contributed by atoms with Gasteiger partial charge >= 0.3 is 11.9 Å². The molecule has 1 aliphatic heterocycles. The number of amides is 2. The first-order valence-corrected chi connectivity index (χ1v) is 20.3. The number of aromatic carboxylic acids is 1. The van der Waals surface area contributed by atoms with Gasteiger partial charge in [-0.15, -0.1) is 0 Å². The first-order chi connectivity index (χ1) is 29.0. The molecule has 1 aliphatic rings. The second kappa shape index (κ2) is 22.5. The number of ketones is 1. The monoisotopic (exact) mass is 919 g/mol. The second-order valence-corrected chi connectivity index (χ2v) is 14.7. The number of carbonyl (C=O) groups excluding carboxylic acids is 4. The van der Waals surface area contributed by atoms with Crippen molar-refractivity contribution in [1.29, 1.82) is 0 Å². The van der Waals surface area contributed by atoms with E-state index in [1.165, 1.54) is 42.6 Å². The molecule has 61 heavy (non-hydrogen) atoms. The quantitative estimate of drug-likeness (QED) is 0.0504. The van der Waals surface area contributed by atoms with Crippen LogP contribution in [0.1, 0.15) is 81.6 Å². The van der Waals surface area contributed by atoms with E-state index >= 15 is 0 Å². The third-order valence-corrected chi connectivity index (χ3v) is 9.96. The minimum atomic E-state index is -1.11. The number of aromatic nitrogens is 4. The topological polar surface area (TPSA) is 197 Å². The lowest BCUT2D eigenvalue weighted by Gasteiger charge is -2.44. The molecule has 1 fully saturated rings. The zero-order valence-corrected chi connectivity index (χ0v) is 36.6. The maximum absolute atomic E-state index is 13.8. The van der Waals surface area contributed by atoms with Gasteiger partial charge in [0, 0.05) is 49.8 Å². The van der Waals surface area contributed by atoms with Crippen molar-refractivity contribution >= 4 is 87.0 Å². The number of piperazine rings is 1. The fraction of sp³-hybridized carbons (Fsp3) is 0.317. The molecule has 2 amide bonds. The van der Waals surface area contributed by atoms with Crippen LogP contribution in [0.3, 0.4) is 0 Å². The number of nitrogens with zero attached hydrogens (tertiary/aromatic N) is 5. The van der Waals surface area contributed by atoms with Crippen molar-refractivity contribution in [3.8, 4) is 5.88 Å². The van der Waals surface area contributed by atoms with E-state index in [9.17, 15) is 28.4 Å². The molecule has 3 N–H and O–H groups in total. The van der Waals surface area contributed by atoms with Crippen molar-refractivity contribution in [2.24, 2.45) is 0 Å². The van der Waals surface area contributed by atoms with Crippen LogP contribution in [-0.4, -0.2) is 109 Å². The summed E-state index contributed by atoms with van der Waals surface area (Å²) in [5, 5.41) is 11.8. The number of benzene rings is 1. The van der Waals surface area contributed by atoms with Crippen LogP contribution in [0.5, 0.6) is 5.88 Å². The van der Waals surface area contributed by atoms with Crippen LogP contribution < -0.4 is 10.1 Å². The number of rotatable bonds is 11. The number of Topliss-reactive ketones (excluding diaryl/α,β-unsaturated/α-hetero) is 1. The van der Waals surface area contributed by atoms with Crippen LogP contribution in [0, 0.1) is 5.82 Å². The van der Waals surface area contributed by atoms with E-state index in [4.69, 9.17) is 61.0 Å². The lowest BCUT2D eigenvalue weighted by Crippen LogP contribution is -2.57. The molecule has 0 spiro atoms. The molecule has 0 unspecified atom stereocenters. The lowest BCUT2D eigenvalue weighted by molar-refractivity contribution is -0.116. The van der Waals surface area contributed by atoms with Crippen molar-refractivity contribution in [1.82, 2.24) is 35.1 Å². The molecule has 4 aromatic heterocycles. The Morgan fingerprint density at radius 2 is 1.44 bits per heavy atom. The molecule has 0 saturated carbocycles. The summed E-state index contributed by atoms with van der Waals surface area (Å²) < 4.78 is 23.7. The number of H-pyrrole nitrogens is 1. The molecular formula is C41H42Cl4FN7O8. The van der Waals surface area contributed by atoms with Gasteiger partial charge in [-0.05, 0) is 82.6 Å². The minimum Gasteiger partial charge on any atom is -0.478 e. The molecule has 5 heterocycles. The number of carboxylic acid groups (broad SMARTS) is 1. The predicted octanol–water partition coefficient (Wildman–Crippen LogP) is 7.81. The number of esters is 1. The molecule has 0 aliphatic carbocycles. The van der Waals surface area contributed by atoms with Crippen molar-refractivity contribution in [3.05, 3.63) is 115 Å². The minimum absolute atomic E-state index is 0.0453. The predicted molar refractivity (Wildman–Crippen MR) is 228 cm³/mol. The number of fused-ring (bicyclic) bond motifs is 1. The van der Waals surface area contributed by atoms with Gasteiger partial charge in [-0.3, -0.25) is 19.3 Å². The SMILES string of the molecule is CCNC(=O)C(=O)c1c[nH]c2nc(OCC)c(C(=O)N3C[C@H](C)N(Cc4ccc(F)cc4)C[C@H]3C)cc12.CCOC(=O)c1ccc(Cl)nc1Cl.O=C(O)c1ccc(Cl)nc1Cl. The highest BCUT2D eigenvalue weighted by atomic mass is 35.5. The van der Waals surface area contributed by atoms with Crippen LogP contribution in [0.15, 0.2) is 60.8 Å². The van der Waals surface area contributed by atoms with Crippen molar-refractivity contribution in [2.75, 3.05) is 32.8 Å². The Kier molecular flexibility index (Phi) is 17.8. The van der Waals surface area contributed by atoms with E-state index in [-0.39, 0.29) is 72.6 Å². The van der Waals surface area contributed by atoms with Crippen LogP contribution >= 0.6 is 46.4 Å². The van der Waals surface area contributed by atoms with Crippen LogP contribution in [0.25, 0.3) is 11.0 Å². The molecule has 0 radical (unpaired) electrons. The highest BCUT2D eigenvalue weighted by Crippen LogP contribution is 2.29. The summed E-state index contributed by atoms with van der Waals surface area (Å²) in [6, 6.07) is 13.6. The van der Waals surface area contributed by atoms with E-state index in [0.717, 1.165) is 5.56 Å². The zero-order chi connectivity index (χ0) is 45.0. The fourth-order valence-electron chi connectivity index (χ4n) is 6.01. The zero-order valence-electron chi connectivity index (χ0n) is 33.6. The maximum atomic E-state index is 13.8. The summed E-state index contributed by atoms with van der Waals surface area (Å²) in [4.78, 5) is 78.9. The summed E-state index contributed by atoms with van der Waals surface area (Å²) >= 11 is 22.1. The fourth-order valence-corrected chi connectivity index (χ4v) is 6.85. The highest BCUT2D eigenvalue weighted by Gasteiger charge is 2.34. The standard InChI is InChI=1S/C27H32FN5O4.C8H7Cl2NO2.C6H3Cl2NO2/c1-5-29-25(35)23(34)22-12-30-24-20(22)11-21(26(31-24)37-6-2)27(36)33-14-16(3)32(13-17(33)4)15-18-7-9-19(28)10-8-18;1-2-13-8(12)5-3-4-6(9)11-7(5)10;7-4-2-1-3(6(10)11)5(8)9-4/h7-12,16-17H,5-6,13-15H2,1-4H3,(H,29,35)(H,30,31);3-4H,2H2,1H3;1-2H,(H,10,11)/t16-,17+;;/m0../s1. The molecule has 5 aromatic rings. The van der Waals surface area contributed by atoms with Crippen LogP contribution in [0.2, 0.25) is 20.6 Å². The van der Waals surface area contributed by atoms with E-state index in [2.05, 4.69) is 37.1 Å². The van der Waals surface area contributed by atoms with Gasteiger partial charge in [-0.25, -0.2) is 23.9 Å². The number of ether oxygens (including phenoxy) is 2. The Labute approximate surface area is 370 Å². The van der Waals surface area contributed by atoms with E-state index in [0.29, 0.717) is 50.4 Å². The van der Waals surface area contributed by atoms with Crippen LogP contribution in [-0.2, 0) is 16.1 Å². The molecule has 20 heteroatoms. The summed E-state index contributed by atoms with van der Waals surface area (Å²) in [6.07, 6.45) is 1.43. The normalized spacial score (nSPS) is 14.8. The second-order valence-electron chi connectivity index (χ2n) is 13.2. The van der Waals surface area contributed by atoms with Gasteiger partial charge in [-0.2, -0.15) is 4.98 Å². The number of pyridine rings is 3. The summed E-state index contributed by atoms with van der Waals surface area (Å²) in [6.45, 7) is 12.0. The Morgan fingerprint density at radius 3 is 2.00 bits per heavy atom. The van der Waals surface area contributed by atoms with Gasteiger partial charge in [0.2, 0.25) is 5.88 Å². The molecule has 324 valence electrons. The van der Waals surface area contributed by atoms with Crippen molar-refractivity contribution in [2.45, 2.75) is 53.2 Å². The first-order valence-electron chi connectivity index (χ1n) is 18.8. The number of carboxylic acids is 1. The summed E-state index contributed by atoms with van der Waals surface area (Å²) in [5.74, 6) is -3.37. The van der Waals surface area contributed by atoms with Gasteiger partial charge < -0.3 is 29.8 Å². The van der Waals surface area contributed by atoms with Gasteiger partial charge in [0.05, 0.1) is 29.9 Å². The van der Waals surface area contributed by atoms with Crippen LogP contribution in [0.4, 0.5) is 4.39 Å².